The number of benzene rings is 2. The van der Waals surface area contributed by atoms with Crippen LogP contribution in [0.1, 0.15) is 24.4 Å². The van der Waals surface area contributed by atoms with E-state index in [-0.39, 0.29) is 0 Å². The molecule has 5 rings (SSSR count). The lowest BCUT2D eigenvalue weighted by Gasteiger charge is -2.43. The van der Waals surface area contributed by atoms with E-state index >= 15 is 0 Å². The molecule has 1 N–H and O–H groups in total. The average molecular weight is 365 g/mol. The van der Waals surface area contributed by atoms with Crippen molar-refractivity contribution < 1.29 is 9.47 Å². The van der Waals surface area contributed by atoms with Crippen molar-refractivity contribution in [3.05, 3.63) is 54.1 Å². The minimum absolute atomic E-state index is 0.340. The van der Waals surface area contributed by atoms with Crippen LogP contribution in [-0.4, -0.2) is 50.5 Å². The summed E-state index contributed by atoms with van der Waals surface area (Å²) in [4.78, 5) is 5.18. The lowest BCUT2D eigenvalue weighted by Crippen LogP contribution is -2.53. The standard InChI is InChI=1S/C22H27N3O2/c1-2-4-17(5-3-1)20-15-25(13-10-23-20)18-8-11-24(12-9-18)19-6-7-21-22(14-19)27-16-26-21/h1-7,14,18,20,23H,8-13,15-16H2. The van der Waals surface area contributed by atoms with E-state index in [4.69, 9.17) is 9.47 Å². The third kappa shape index (κ3) is 3.49. The summed E-state index contributed by atoms with van der Waals surface area (Å²) in [6.45, 7) is 5.87. The first-order valence-electron chi connectivity index (χ1n) is 10.0. The minimum Gasteiger partial charge on any atom is -0.454 e. The molecular weight excluding hydrogens is 338 g/mol. The Bertz CT molecular complexity index is 774. The molecule has 5 heteroatoms. The van der Waals surface area contributed by atoms with Gasteiger partial charge in [0.2, 0.25) is 6.79 Å². The Morgan fingerprint density at radius 1 is 0.889 bits per heavy atom. The van der Waals surface area contributed by atoms with E-state index in [1.54, 1.807) is 0 Å². The summed E-state index contributed by atoms with van der Waals surface area (Å²) in [5.41, 5.74) is 2.65. The summed E-state index contributed by atoms with van der Waals surface area (Å²) < 4.78 is 11.0. The van der Waals surface area contributed by atoms with Gasteiger partial charge in [-0.25, -0.2) is 0 Å². The molecule has 1 unspecified atom stereocenters. The number of ether oxygens (including phenoxy) is 2. The summed E-state index contributed by atoms with van der Waals surface area (Å²) in [5, 5.41) is 3.69. The van der Waals surface area contributed by atoms with Crippen molar-refractivity contribution >= 4 is 5.69 Å². The molecule has 0 bridgehead atoms. The predicted octanol–water partition coefficient (Wildman–Crippen LogP) is 3.03. The van der Waals surface area contributed by atoms with Gasteiger partial charge in [-0.15, -0.1) is 0 Å². The predicted molar refractivity (Wildman–Crippen MR) is 107 cm³/mol. The maximum atomic E-state index is 5.54. The molecule has 2 fully saturated rings. The van der Waals surface area contributed by atoms with E-state index in [9.17, 15) is 0 Å². The molecule has 0 spiro atoms. The lowest BCUT2D eigenvalue weighted by atomic mass is 9.98. The smallest absolute Gasteiger partial charge is 0.231 e. The van der Waals surface area contributed by atoms with Crippen molar-refractivity contribution in [1.82, 2.24) is 10.2 Å². The van der Waals surface area contributed by atoms with E-state index in [0.29, 0.717) is 18.9 Å². The number of nitrogens with zero attached hydrogens (tertiary/aromatic N) is 2. The van der Waals surface area contributed by atoms with Gasteiger partial charge in [-0.05, 0) is 30.5 Å². The summed E-state index contributed by atoms with van der Waals surface area (Å²) in [7, 11) is 0. The quantitative estimate of drug-likeness (QED) is 0.905. The normalized spacial score (nSPS) is 23.6. The zero-order chi connectivity index (χ0) is 18.1. The molecule has 1 atom stereocenters. The van der Waals surface area contributed by atoms with Crippen LogP contribution >= 0.6 is 0 Å². The highest BCUT2D eigenvalue weighted by molar-refractivity contribution is 5.57. The topological polar surface area (TPSA) is 37.0 Å². The molecule has 27 heavy (non-hydrogen) atoms. The van der Waals surface area contributed by atoms with Crippen LogP contribution in [0.2, 0.25) is 0 Å². The van der Waals surface area contributed by atoms with E-state index in [0.717, 1.165) is 44.2 Å². The fraction of sp³-hybridized carbons (Fsp3) is 0.455. The highest BCUT2D eigenvalue weighted by Gasteiger charge is 2.29. The number of anilines is 1. The Morgan fingerprint density at radius 2 is 1.70 bits per heavy atom. The van der Waals surface area contributed by atoms with Crippen molar-refractivity contribution in [1.29, 1.82) is 0 Å². The molecule has 0 radical (unpaired) electrons. The Labute approximate surface area is 160 Å². The van der Waals surface area contributed by atoms with E-state index in [1.165, 1.54) is 24.1 Å². The van der Waals surface area contributed by atoms with Gasteiger partial charge in [0.1, 0.15) is 0 Å². The molecule has 0 amide bonds. The second-order valence-corrected chi connectivity index (χ2v) is 7.67. The van der Waals surface area contributed by atoms with E-state index in [1.807, 2.05) is 6.07 Å². The van der Waals surface area contributed by atoms with Gasteiger partial charge in [-0.1, -0.05) is 30.3 Å². The van der Waals surface area contributed by atoms with Crippen LogP contribution < -0.4 is 19.7 Å². The van der Waals surface area contributed by atoms with Crippen LogP contribution in [0.25, 0.3) is 0 Å². The first-order chi connectivity index (χ1) is 13.4. The molecule has 2 aromatic carbocycles. The fourth-order valence-electron chi connectivity index (χ4n) is 4.58. The van der Waals surface area contributed by atoms with Crippen molar-refractivity contribution in [3.8, 4) is 11.5 Å². The number of nitrogens with one attached hydrogen (secondary N) is 1. The van der Waals surface area contributed by atoms with E-state index in [2.05, 4.69) is 57.6 Å². The van der Waals surface area contributed by atoms with Gasteiger partial charge >= 0.3 is 0 Å². The number of hydrogen-bond donors (Lipinski definition) is 1. The molecule has 142 valence electrons. The summed E-state index contributed by atoms with van der Waals surface area (Å²) in [5.74, 6) is 1.74. The maximum absolute atomic E-state index is 5.54. The third-order valence-corrected chi connectivity index (χ3v) is 6.11. The van der Waals surface area contributed by atoms with Crippen molar-refractivity contribution in [2.24, 2.45) is 0 Å². The molecule has 3 heterocycles. The van der Waals surface area contributed by atoms with Gasteiger partial charge in [-0.2, -0.15) is 0 Å². The van der Waals surface area contributed by atoms with Crippen LogP contribution in [-0.2, 0) is 0 Å². The second-order valence-electron chi connectivity index (χ2n) is 7.67. The monoisotopic (exact) mass is 365 g/mol. The molecule has 0 saturated carbocycles. The van der Waals surface area contributed by atoms with Crippen molar-refractivity contribution in [2.45, 2.75) is 24.9 Å². The fourth-order valence-corrected chi connectivity index (χ4v) is 4.58. The number of piperidine rings is 1. The van der Waals surface area contributed by atoms with Gasteiger partial charge in [0.05, 0.1) is 0 Å². The van der Waals surface area contributed by atoms with Crippen LogP contribution in [0.5, 0.6) is 11.5 Å². The molecule has 0 aliphatic carbocycles. The van der Waals surface area contributed by atoms with Crippen LogP contribution in [0.4, 0.5) is 5.69 Å². The van der Waals surface area contributed by atoms with Crippen LogP contribution in [0.15, 0.2) is 48.5 Å². The number of fused-ring (bicyclic) bond motifs is 1. The molecule has 3 aliphatic rings. The third-order valence-electron chi connectivity index (χ3n) is 6.11. The first-order valence-corrected chi connectivity index (χ1v) is 10.0. The Balaban J connectivity index is 1.20. The average Bonchev–Trinajstić information content (AvgIpc) is 3.22. The van der Waals surface area contributed by atoms with Gasteiger partial charge in [0.15, 0.2) is 11.5 Å². The van der Waals surface area contributed by atoms with Gasteiger partial charge in [0, 0.05) is 56.6 Å². The second kappa shape index (κ2) is 7.41. The molecule has 5 nitrogen and oxygen atoms in total. The lowest BCUT2D eigenvalue weighted by molar-refractivity contribution is 0.125. The zero-order valence-corrected chi connectivity index (χ0v) is 15.6. The number of rotatable bonds is 3. The largest absolute Gasteiger partial charge is 0.454 e. The Hall–Kier alpha value is -2.24. The highest BCUT2D eigenvalue weighted by Crippen LogP contribution is 2.36. The molecule has 3 aliphatic heterocycles. The molecule has 2 saturated heterocycles. The van der Waals surface area contributed by atoms with Crippen molar-refractivity contribution in [2.75, 3.05) is 44.4 Å². The van der Waals surface area contributed by atoms with E-state index < -0.39 is 0 Å². The van der Waals surface area contributed by atoms with Gasteiger partial charge < -0.3 is 19.7 Å². The summed E-state index contributed by atoms with van der Waals surface area (Å²) >= 11 is 0. The Morgan fingerprint density at radius 3 is 2.56 bits per heavy atom. The number of piperazine rings is 1. The van der Waals surface area contributed by atoms with Crippen LogP contribution in [0, 0.1) is 0 Å². The van der Waals surface area contributed by atoms with Crippen LogP contribution in [0.3, 0.4) is 0 Å². The van der Waals surface area contributed by atoms with Gasteiger partial charge in [-0.3, -0.25) is 4.90 Å². The first kappa shape index (κ1) is 16.9. The molecular formula is C22H27N3O2. The highest BCUT2D eigenvalue weighted by atomic mass is 16.7. The van der Waals surface area contributed by atoms with Gasteiger partial charge in [0.25, 0.3) is 0 Å². The SMILES string of the molecule is c1ccc(C2CN(C3CCN(c4ccc5c(c4)OCO5)CC3)CCN2)cc1. The molecule has 2 aromatic rings. The summed E-state index contributed by atoms with van der Waals surface area (Å²) in [6.07, 6.45) is 2.44. The summed E-state index contributed by atoms with van der Waals surface area (Å²) in [6, 6.07) is 18.3. The van der Waals surface area contributed by atoms with Crippen molar-refractivity contribution in [3.63, 3.8) is 0 Å². The number of hydrogen-bond acceptors (Lipinski definition) is 5. The Kier molecular flexibility index (Phi) is 4.64. The minimum atomic E-state index is 0.340. The zero-order valence-electron chi connectivity index (χ0n) is 15.6. The maximum Gasteiger partial charge on any atom is 0.231 e. The molecule has 0 aromatic heterocycles.